The van der Waals surface area contributed by atoms with Gasteiger partial charge >= 0.3 is 11.9 Å². The van der Waals surface area contributed by atoms with E-state index in [0.29, 0.717) is 22.9 Å². The van der Waals surface area contributed by atoms with Crippen molar-refractivity contribution in [2.75, 3.05) is 6.61 Å². The highest BCUT2D eigenvalue weighted by atomic mass is 35.5. The van der Waals surface area contributed by atoms with Crippen molar-refractivity contribution in [3.8, 4) is 11.5 Å². The van der Waals surface area contributed by atoms with Gasteiger partial charge in [0.05, 0.1) is 18.4 Å². The summed E-state index contributed by atoms with van der Waals surface area (Å²) >= 11 is 5.86. The van der Waals surface area contributed by atoms with Crippen LogP contribution < -0.4 is 9.47 Å². The zero-order valence-electron chi connectivity index (χ0n) is 23.0. The van der Waals surface area contributed by atoms with Crippen LogP contribution in [0.4, 0.5) is 0 Å². The summed E-state index contributed by atoms with van der Waals surface area (Å²) in [7, 11) is 0. The van der Waals surface area contributed by atoms with Gasteiger partial charge in [0.1, 0.15) is 11.5 Å². The molecule has 0 saturated carbocycles. The Hall–Kier alpha value is -3.83. The fourth-order valence-corrected chi connectivity index (χ4v) is 4.02. The molecule has 0 unspecified atom stereocenters. The topological polar surface area (TPSA) is 61.8 Å². The van der Waals surface area contributed by atoms with E-state index in [1.807, 2.05) is 36.4 Å². The smallest absolute Gasteiger partial charge is 0.342 e. The lowest BCUT2D eigenvalue weighted by atomic mass is 10.1. The minimum absolute atomic E-state index is 0.326. The average molecular weight is 561 g/mol. The molecular weight excluding hydrogens is 524 g/mol. The predicted molar refractivity (Wildman–Crippen MR) is 162 cm³/mol. The summed E-state index contributed by atoms with van der Waals surface area (Å²) in [6.45, 7) is 2.96. The molecule has 3 aromatic carbocycles. The maximum absolute atomic E-state index is 12.2. The highest BCUT2D eigenvalue weighted by Crippen LogP contribution is 2.17. The highest BCUT2D eigenvalue weighted by molar-refractivity contribution is 6.30. The summed E-state index contributed by atoms with van der Waals surface area (Å²) in [4.78, 5) is 24.5. The molecule has 0 N–H and O–H groups in total. The standard InChI is InChI=1S/C34H37ClO5/c1-2-3-4-5-6-7-8-9-25-38-31-19-12-27(13-20-31)14-23-33(36)40-32-21-15-29(16-22-32)34(37)39-26-24-28-10-17-30(35)18-11-28/h10-24,26H,2-9,25H2,1H3/b23-14+,26-24+. The Kier molecular flexibility index (Phi) is 13.6. The molecule has 3 rings (SSSR count). The number of hydrogen-bond acceptors (Lipinski definition) is 5. The number of hydrogen-bond donors (Lipinski definition) is 0. The molecular formula is C34H37ClO5. The second-order valence-electron chi connectivity index (χ2n) is 9.43. The minimum Gasteiger partial charge on any atom is -0.494 e. The number of unbranched alkanes of at least 4 members (excludes halogenated alkanes) is 7. The third-order valence-electron chi connectivity index (χ3n) is 6.17. The number of rotatable bonds is 16. The van der Waals surface area contributed by atoms with Crippen molar-refractivity contribution in [3.63, 3.8) is 0 Å². The molecule has 0 spiro atoms. The van der Waals surface area contributed by atoms with Gasteiger partial charge in [-0.15, -0.1) is 0 Å². The predicted octanol–water partition coefficient (Wildman–Crippen LogP) is 9.31. The van der Waals surface area contributed by atoms with Crippen LogP contribution in [0.2, 0.25) is 5.02 Å². The SMILES string of the molecule is CCCCCCCCCCOc1ccc(/C=C/C(=O)Oc2ccc(C(=O)O/C=C/c3ccc(Cl)cc3)cc2)cc1. The van der Waals surface area contributed by atoms with Gasteiger partial charge in [-0.1, -0.05) is 87.7 Å². The van der Waals surface area contributed by atoms with E-state index in [0.717, 1.165) is 23.3 Å². The lowest BCUT2D eigenvalue weighted by molar-refractivity contribution is -0.128. The molecule has 0 bridgehead atoms. The summed E-state index contributed by atoms with van der Waals surface area (Å²) in [5.41, 5.74) is 2.05. The molecule has 0 atom stereocenters. The largest absolute Gasteiger partial charge is 0.494 e. The second-order valence-corrected chi connectivity index (χ2v) is 9.87. The Labute approximate surface area is 242 Å². The molecule has 3 aromatic rings. The van der Waals surface area contributed by atoms with Gasteiger partial charge in [0.2, 0.25) is 0 Å². The van der Waals surface area contributed by atoms with Crippen LogP contribution in [0.1, 0.15) is 79.8 Å². The van der Waals surface area contributed by atoms with Crippen molar-refractivity contribution in [1.29, 1.82) is 0 Å². The molecule has 0 heterocycles. The normalized spacial score (nSPS) is 11.2. The fraction of sp³-hybridized carbons (Fsp3) is 0.294. The van der Waals surface area contributed by atoms with Gasteiger partial charge in [0.25, 0.3) is 0 Å². The number of carbonyl (C=O) groups excluding carboxylic acids is 2. The van der Waals surface area contributed by atoms with Crippen LogP contribution in [0.25, 0.3) is 12.2 Å². The summed E-state index contributed by atoms with van der Waals surface area (Å²) < 4.78 is 16.3. The molecule has 0 saturated heterocycles. The lowest BCUT2D eigenvalue weighted by Gasteiger charge is -2.06. The van der Waals surface area contributed by atoms with E-state index >= 15 is 0 Å². The minimum atomic E-state index is -0.520. The quantitative estimate of drug-likeness (QED) is 0.0574. The first-order chi connectivity index (χ1) is 19.5. The molecule has 0 fully saturated rings. The van der Waals surface area contributed by atoms with Crippen molar-refractivity contribution in [2.45, 2.75) is 58.3 Å². The van der Waals surface area contributed by atoms with Crippen LogP contribution in [-0.4, -0.2) is 18.5 Å². The van der Waals surface area contributed by atoms with Gasteiger partial charge in [0.15, 0.2) is 0 Å². The molecule has 210 valence electrons. The van der Waals surface area contributed by atoms with Gasteiger partial charge in [-0.2, -0.15) is 0 Å². The van der Waals surface area contributed by atoms with Gasteiger partial charge in [0, 0.05) is 11.1 Å². The monoisotopic (exact) mass is 560 g/mol. The Balaban J connectivity index is 1.35. The van der Waals surface area contributed by atoms with Gasteiger partial charge in [-0.05, 0) is 78.2 Å². The van der Waals surface area contributed by atoms with E-state index in [4.69, 9.17) is 25.8 Å². The Morgan fingerprint density at radius 1 is 0.700 bits per heavy atom. The first kappa shape index (κ1) is 30.7. The van der Waals surface area contributed by atoms with Crippen LogP contribution >= 0.6 is 11.6 Å². The van der Waals surface area contributed by atoms with Crippen molar-refractivity contribution in [2.24, 2.45) is 0 Å². The number of esters is 2. The van der Waals surface area contributed by atoms with E-state index in [9.17, 15) is 9.59 Å². The van der Waals surface area contributed by atoms with Gasteiger partial charge in [-0.3, -0.25) is 0 Å². The van der Waals surface area contributed by atoms with Crippen molar-refractivity contribution in [3.05, 3.63) is 107 Å². The van der Waals surface area contributed by atoms with E-state index in [1.165, 1.54) is 69.4 Å². The number of halogens is 1. The van der Waals surface area contributed by atoms with E-state index < -0.39 is 11.9 Å². The van der Waals surface area contributed by atoms with Crippen LogP contribution in [0.5, 0.6) is 11.5 Å². The molecule has 0 aliphatic rings. The molecule has 0 aliphatic carbocycles. The molecule has 0 amide bonds. The zero-order chi connectivity index (χ0) is 28.4. The Morgan fingerprint density at radius 3 is 1.95 bits per heavy atom. The maximum atomic E-state index is 12.2. The summed E-state index contributed by atoms with van der Waals surface area (Å²) in [5.74, 6) is 0.110. The zero-order valence-corrected chi connectivity index (χ0v) is 23.8. The van der Waals surface area contributed by atoms with Gasteiger partial charge < -0.3 is 14.2 Å². The van der Waals surface area contributed by atoms with Crippen molar-refractivity contribution < 1.29 is 23.8 Å². The molecule has 0 aromatic heterocycles. The van der Waals surface area contributed by atoms with Crippen LogP contribution in [-0.2, 0) is 9.53 Å². The first-order valence-electron chi connectivity index (χ1n) is 13.9. The van der Waals surface area contributed by atoms with E-state index in [1.54, 1.807) is 36.4 Å². The third kappa shape index (κ3) is 11.9. The molecule has 6 heteroatoms. The van der Waals surface area contributed by atoms with Crippen LogP contribution in [0.3, 0.4) is 0 Å². The third-order valence-corrected chi connectivity index (χ3v) is 6.42. The number of ether oxygens (including phenoxy) is 3. The fourth-order valence-electron chi connectivity index (χ4n) is 3.89. The number of benzene rings is 3. The Morgan fingerprint density at radius 2 is 1.27 bits per heavy atom. The molecule has 0 radical (unpaired) electrons. The van der Waals surface area contributed by atoms with Crippen LogP contribution in [0, 0.1) is 0 Å². The molecule has 0 aliphatic heterocycles. The molecule has 40 heavy (non-hydrogen) atoms. The number of carbonyl (C=O) groups is 2. The summed E-state index contributed by atoms with van der Waals surface area (Å²) in [6, 6.07) is 20.9. The van der Waals surface area contributed by atoms with Crippen LogP contribution in [0.15, 0.2) is 85.1 Å². The lowest BCUT2D eigenvalue weighted by Crippen LogP contribution is -2.05. The Bertz CT molecular complexity index is 1230. The summed E-state index contributed by atoms with van der Waals surface area (Å²) in [5, 5.41) is 0.633. The van der Waals surface area contributed by atoms with E-state index in [-0.39, 0.29) is 0 Å². The highest BCUT2D eigenvalue weighted by Gasteiger charge is 2.07. The van der Waals surface area contributed by atoms with Gasteiger partial charge in [-0.25, -0.2) is 9.59 Å². The molecule has 5 nitrogen and oxygen atoms in total. The van der Waals surface area contributed by atoms with Crippen molar-refractivity contribution >= 4 is 35.7 Å². The maximum Gasteiger partial charge on any atom is 0.342 e. The second kappa shape index (κ2) is 17.7. The van der Waals surface area contributed by atoms with E-state index in [2.05, 4.69) is 6.92 Å². The average Bonchev–Trinajstić information content (AvgIpc) is 2.97. The summed E-state index contributed by atoms with van der Waals surface area (Å²) in [6.07, 6.45) is 16.2. The first-order valence-corrected chi connectivity index (χ1v) is 14.3. The van der Waals surface area contributed by atoms with Crippen molar-refractivity contribution in [1.82, 2.24) is 0 Å².